The molecule has 0 aliphatic rings. The molecular formula is C8H3ClN2O5. The molecule has 0 aliphatic carbocycles. The van der Waals surface area contributed by atoms with Crippen molar-refractivity contribution in [3.8, 4) is 0 Å². The fraction of sp³-hybridized carbons (Fsp3) is 0. The Kier molecular flexibility index (Phi) is 2.24. The van der Waals surface area contributed by atoms with Crippen LogP contribution in [0.1, 0.15) is 10.4 Å². The lowest BCUT2D eigenvalue weighted by atomic mass is 10.1. The van der Waals surface area contributed by atoms with Gasteiger partial charge in [0.15, 0.2) is 5.58 Å². The third-order valence-corrected chi connectivity index (χ3v) is 2.07. The third kappa shape index (κ3) is 1.57. The number of nitro benzene ring substituents is 1. The van der Waals surface area contributed by atoms with Crippen LogP contribution in [0.3, 0.4) is 0 Å². The summed E-state index contributed by atoms with van der Waals surface area (Å²) in [6, 6.07) is 2.03. The van der Waals surface area contributed by atoms with E-state index in [1.165, 1.54) is 0 Å². The molecule has 0 fully saturated rings. The van der Waals surface area contributed by atoms with Gasteiger partial charge in [-0.25, -0.2) is 4.79 Å². The number of halogens is 1. The van der Waals surface area contributed by atoms with Crippen molar-refractivity contribution in [3.63, 3.8) is 0 Å². The third-order valence-electron chi connectivity index (χ3n) is 1.91. The fourth-order valence-electron chi connectivity index (χ4n) is 1.26. The predicted molar refractivity (Wildman–Crippen MR) is 52.6 cm³/mol. The predicted octanol–water partition coefficient (Wildman–Crippen LogP) is 2.09. The zero-order chi connectivity index (χ0) is 11.9. The maximum absolute atomic E-state index is 10.8. The minimum Gasteiger partial charge on any atom is -0.477 e. The molecule has 0 bridgehead atoms. The summed E-state index contributed by atoms with van der Waals surface area (Å²) < 4.78 is 4.86. The molecule has 2 aromatic rings. The first-order valence-corrected chi connectivity index (χ1v) is 4.34. The lowest BCUT2D eigenvalue weighted by Crippen LogP contribution is -2.02. The molecule has 8 heteroatoms. The number of aromatic nitrogens is 1. The Labute approximate surface area is 92.4 Å². The first-order chi connectivity index (χ1) is 7.49. The number of nitrogens with zero attached hydrogens (tertiary/aromatic N) is 2. The molecule has 1 aromatic carbocycles. The standard InChI is InChI=1S/C8H3ClN2O5/c9-8-10-4-2-5(11(14)15)3(7(12)13)1-6(4)16-8/h1-2H,(H,12,13). The first-order valence-electron chi connectivity index (χ1n) is 3.97. The molecule has 0 unspecified atom stereocenters. The molecule has 1 heterocycles. The van der Waals surface area contributed by atoms with Crippen LogP contribution in [-0.4, -0.2) is 21.0 Å². The Morgan fingerprint density at radius 1 is 1.56 bits per heavy atom. The Hall–Kier alpha value is -2.15. The van der Waals surface area contributed by atoms with Crippen molar-refractivity contribution in [2.45, 2.75) is 0 Å². The number of fused-ring (bicyclic) bond motifs is 1. The summed E-state index contributed by atoms with van der Waals surface area (Å²) in [6.07, 6.45) is 0. The van der Waals surface area contributed by atoms with Crippen LogP contribution in [0.5, 0.6) is 0 Å². The van der Waals surface area contributed by atoms with Crippen molar-refractivity contribution in [1.82, 2.24) is 4.98 Å². The van der Waals surface area contributed by atoms with Crippen LogP contribution in [0.15, 0.2) is 16.5 Å². The number of aromatic carboxylic acids is 1. The highest BCUT2D eigenvalue weighted by Gasteiger charge is 2.22. The molecule has 0 atom stereocenters. The lowest BCUT2D eigenvalue weighted by molar-refractivity contribution is -0.385. The van der Waals surface area contributed by atoms with E-state index in [4.69, 9.17) is 21.1 Å². The van der Waals surface area contributed by atoms with E-state index in [9.17, 15) is 14.9 Å². The molecule has 1 N–H and O–H groups in total. The van der Waals surface area contributed by atoms with E-state index in [0.717, 1.165) is 12.1 Å². The number of oxazole rings is 1. The number of carbonyl (C=O) groups is 1. The summed E-state index contributed by atoms with van der Waals surface area (Å²) in [4.78, 5) is 24.3. The van der Waals surface area contributed by atoms with E-state index in [1.54, 1.807) is 0 Å². The second-order valence-corrected chi connectivity index (χ2v) is 3.19. The molecule has 0 saturated carbocycles. The van der Waals surface area contributed by atoms with Gasteiger partial charge >= 0.3 is 5.97 Å². The molecule has 0 radical (unpaired) electrons. The van der Waals surface area contributed by atoms with E-state index in [1.807, 2.05) is 0 Å². The number of rotatable bonds is 2. The van der Waals surface area contributed by atoms with Crippen LogP contribution in [-0.2, 0) is 0 Å². The minimum atomic E-state index is -1.42. The largest absolute Gasteiger partial charge is 0.477 e. The van der Waals surface area contributed by atoms with Gasteiger partial charge in [0.25, 0.3) is 11.0 Å². The SMILES string of the molecule is O=C(O)c1cc2oc(Cl)nc2cc1[N+](=O)[O-]. The van der Waals surface area contributed by atoms with Crippen molar-refractivity contribution < 1.29 is 19.2 Å². The van der Waals surface area contributed by atoms with Gasteiger partial charge in [0.2, 0.25) is 0 Å². The summed E-state index contributed by atoms with van der Waals surface area (Å²) in [5.41, 5.74) is -0.787. The number of hydrogen-bond donors (Lipinski definition) is 1. The number of benzene rings is 1. The van der Waals surface area contributed by atoms with Crippen LogP contribution >= 0.6 is 11.6 Å². The van der Waals surface area contributed by atoms with Crippen molar-refractivity contribution >= 4 is 34.4 Å². The monoisotopic (exact) mass is 242 g/mol. The van der Waals surface area contributed by atoms with E-state index < -0.39 is 22.1 Å². The highest BCUT2D eigenvalue weighted by molar-refractivity contribution is 6.28. The van der Waals surface area contributed by atoms with Gasteiger partial charge < -0.3 is 9.52 Å². The maximum atomic E-state index is 10.8. The molecule has 0 aliphatic heterocycles. The Morgan fingerprint density at radius 2 is 2.25 bits per heavy atom. The number of carboxylic acids is 1. The highest BCUT2D eigenvalue weighted by atomic mass is 35.5. The maximum Gasteiger partial charge on any atom is 0.342 e. The smallest absolute Gasteiger partial charge is 0.342 e. The van der Waals surface area contributed by atoms with Crippen LogP contribution in [0.25, 0.3) is 11.1 Å². The normalized spacial score (nSPS) is 10.6. The molecule has 1 aromatic heterocycles. The summed E-state index contributed by atoms with van der Waals surface area (Å²) >= 11 is 5.45. The Bertz CT molecular complexity index is 555. The van der Waals surface area contributed by atoms with Crippen molar-refractivity contribution in [3.05, 3.63) is 33.2 Å². The topological polar surface area (TPSA) is 106 Å². The van der Waals surface area contributed by atoms with Gasteiger partial charge in [-0.05, 0) is 11.6 Å². The van der Waals surface area contributed by atoms with Gasteiger partial charge in [0.1, 0.15) is 11.1 Å². The van der Waals surface area contributed by atoms with E-state index in [0.29, 0.717) is 0 Å². The molecule has 82 valence electrons. The second-order valence-electron chi connectivity index (χ2n) is 2.87. The van der Waals surface area contributed by atoms with Gasteiger partial charge in [0.05, 0.1) is 4.92 Å². The number of carboxylic acid groups (broad SMARTS) is 1. The zero-order valence-corrected chi connectivity index (χ0v) is 8.26. The van der Waals surface area contributed by atoms with Crippen LogP contribution in [0.4, 0.5) is 5.69 Å². The lowest BCUT2D eigenvalue weighted by Gasteiger charge is -1.96. The van der Waals surface area contributed by atoms with Crippen molar-refractivity contribution in [2.24, 2.45) is 0 Å². The van der Waals surface area contributed by atoms with Gasteiger partial charge in [-0.1, -0.05) is 0 Å². The molecule has 0 saturated heterocycles. The first kappa shape index (κ1) is 10.4. The van der Waals surface area contributed by atoms with Crippen LogP contribution < -0.4 is 0 Å². The quantitative estimate of drug-likeness (QED) is 0.638. The van der Waals surface area contributed by atoms with Gasteiger partial charge in [0, 0.05) is 12.1 Å². The van der Waals surface area contributed by atoms with E-state index >= 15 is 0 Å². The molecule has 0 spiro atoms. The Balaban J connectivity index is 2.80. The summed E-state index contributed by atoms with van der Waals surface area (Å²) in [5.74, 6) is -1.42. The number of hydrogen-bond acceptors (Lipinski definition) is 5. The second kappa shape index (κ2) is 3.46. The summed E-state index contributed by atoms with van der Waals surface area (Å²) in [7, 11) is 0. The number of nitro groups is 1. The van der Waals surface area contributed by atoms with E-state index in [-0.39, 0.29) is 16.4 Å². The molecule has 2 rings (SSSR count). The molecule has 7 nitrogen and oxygen atoms in total. The fourth-order valence-corrected chi connectivity index (χ4v) is 1.43. The highest BCUT2D eigenvalue weighted by Crippen LogP contribution is 2.27. The summed E-state index contributed by atoms with van der Waals surface area (Å²) in [6.45, 7) is 0. The zero-order valence-electron chi connectivity index (χ0n) is 7.51. The summed E-state index contributed by atoms with van der Waals surface area (Å²) in [5, 5.41) is 19.2. The molecule has 16 heavy (non-hydrogen) atoms. The van der Waals surface area contributed by atoms with Gasteiger partial charge in [-0.2, -0.15) is 4.98 Å². The van der Waals surface area contributed by atoms with Crippen molar-refractivity contribution in [1.29, 1.82) is 0 Å². The average Bonchev–Trinajstić information content (AvgIpc) is 2.54. The minimum absolute atomic E-state index is 0.0907. The average molecular weight is 243 g/mol. The van der Waals surface area contributed by atoms with Crippen LogP contribution in [0, 0.1) is 10.1 Å². The van der Waals surface area contributed by atoms with Gasteiger partial charge in [-0.15, -0.1) is 0 Å². The molecular weight excluding hydrogens is 240 g/mol. The van der Waals surface area contributed by atoms with Crippen LogP contribution in [0.2, 0.25) is 5.35 Å². The van der Waals surface area contributed by atoms with Crippen molar-refractivity contribution in [2.75, 3.05) is 0 Å². The molecule has 0 amide bonds. The van der Waals surface area contributed by atoms with E-state index in [2.05, 4.69) is 4.98 Å². The Morgan fingerprint density at radius 3 is 2.81 bits per heavy atom. The van der Waals surface area contributed by atoms with Gasteiger partial charge in [-0.3, -0.25) is 10.1 Å².